The van der Waals surface area contributed by atoms with Crippen LogP contribution in [0.1, 0.15) is 0 Å². The van der Waals surface area contributed by atoms with E-state index in [1.807, 2.05) is 0 Å². The minimum absolute atomic E-state index is 0.0880. The number of nitrogens with one attached hydrogen (secondary N) is 2. The summed E-state index contributed by atoms with van der Waals surface area (Å²) < 4.78 is 0. The van der Waals surface area contributed by atoms with Crippen molar-refractivity contribution in [3.63, 3.8) is 0 Å². The van der Waals surface area contributed by atoms with Gasteiger partial charge in [0, 0.05) is 12.2 Å². The highest BCUT2D eigenvalue weighted by atomic mass is 16.3. The first-order valence-electron chi connectivity index (χ1n) is 3.81. The van der Waals surface area contributed by atoms with Gasteiger partial charge in [0.2, 0.25) is 12.2 Å². The van der Waals surface area contributed by atoms with Crippen molar-refractivity contribution < 1.29 is 24.3 Å². The molecule has 86 valence electrons. The quantitative estimate of drug-likeness (QED) is 0.305. The summed E-state index contributed by atoms with van der Waals surface area (Å²) in [4.78, 5) is 39.0. The summed E-state index contributed by atoms with van der Waals surface area (Å²) in [7, 11) is 0. The largest absolute Gasteiger partial charge is 0.395 e. The van der Waals surface area contributed by atoms with Crippen LogP contribution in [0.4, 0.5) is 0 Å². The number of carbonyl (C=O) groups is 2. The fourth-order valence-electron chi connectivity index (χ4n) is 0.752. The van der Waals surface area contributed by atoms with Crippen LogP contribution in [0.15, 0.2) is 12.2 Å². The van der Waals surface area contributed by atoms with Gasteiger partial charge in [-0.3, -0.25) is 14.5 Å². The highest BCUT2D eigenvalue weighted by molar-refractivity contribution is 6.12. The SMILES string of the molecule is N=C=O.N=C=O.O=C1C=CC(=O)N1CCO. The molecule has 0 fully saturated rings. The summed E-state index contributed by atoms with van der Waals surface area (Å²) in [5.41, 5.74) is 0. The minimum Gasteiger partial charge on any atom is -0.395 e. The second kappa shape index (κ2) is 10.7. The van der Waals surface area contributed by atoms with E-state index in [0.717, 1.165) is 17.1 Å². The lowest BCUT2D eigenvalue weighted by Gasteiger charge is -2.10. The van der Waals surface area contributed by atoms with Crippen LogP contribution >= 0.6 is 0 Å². The Morgan fingerprint density at radius 1 is 1.12 bits per heavy atom. The molecule has 0 aliphatic carbocycles. The lowest BCUT2D eigenvalue weighted by molar-refractivity contribution is -0.137. The summed E-state index contributed by atoms with van der Waals surface area (Å²) in [6.07, 6.45) is 3.88. The first-order chi connectivity index (χ1) is 7.58. The van der Waals surface area contributed by atoms with E-state index in [4.69, 9.17) is 25.5 Å². The number of amides is 2. The van der Waals surface area contributed by atoms with E-state index in [1.165, 1.54) is 12.2 Å². The van der Waals surface area contributed by atoms with Gasteiger partial charge in [-0.25, -0.2) is 20.4 Å². The molecule has 3 N–H and O–H groups in total. The van der Waals surface area contributed by atoms with E-state index < -0.39 is 0 Å². The van der Waals surface area contributed by atoms with Gasteiger partial charge in [0.15, 0.2) is 0 Å². The van der Waals surface area contributed by atoms with Crippen LogP contribution in [0.2, 0.25) is 0 Å². The number of hydrogen-bond acceptors (Lipinski definition) is 7. The van der Waals surface area contributed by atoms with Gasteiger partial charge in [-0.2, -0.15) is 0 Å². The third-order valence-corrected chi connectivity index (χ3v) is 1.22. The third kappa shape index (κ3) is 7.05. The summed E-state index contributed by atoms with van der Waals surface area (Å²) in [6.45, 7) is -0.0934. The number of rotatable bonds is 2. The van der Waals surface area contributed by atoms with Crippen LogP contribution in [0.25, 0.3) is 0 Å². The normalized spacial score (nSPS) is 11.7. The van der Waals surface area contributed by atoms with E-state index in [2.05, 4.69) is 0 Å². The molecular formula is C8H9N3O5. The predicted molar refractivity (Wildman–Crippen MR) is 49.8 cm³/mol. The molecule has 0 aromatic rings. The Bertz CT molecular complexity index is 308. The van der Waals surface area contributed by atoms with Gasteiger partial charge in [-0.15, -0.1) is 0 Å². The van der Waals surface area contributed by atoms with Gasteiger partial charge in [-0.05, 0) is 0 Å². The molecule has 0 radical (unpaired) electrons. The van der Waals surface area contributed by atoms with E-state index in [1.54, 1.807) is 0 Å². The maximum Gasteiger partial charge on any atom is 0.253 e. The van der Waals surface area contributed by atoms with Crippen molar-refractivity contribution in [3.8, 4) is 0 Å². The first-order valence-corrected chi connectivity index (χ1v) is 3.81. The Morgan fingerprint density at radius 2 is 1.44 bits per heavy atom. The van der Waals surface area contributed by atoms with Crippen LogP contribution in [0.3, 0.4) is 0 Å². The van der Waals surface area contributed by atoms with Gasteiger partial charge in [0.25, 0.3) is 11.8 Å². The van der Waals surface area contributed by atoms with E-state index in [9.17, 15) is 9.59 Å². The van der Waals surface area contributed by atoms with Crippen molar-refractivity contribution >= 4 is 24.0 Å². The number of carbonyl (C=O) groups excluding carboxylic acids is 4. The number of aliphatic hydroxyl groups excluding tert-OH is 1. The Hall–Kier alpha value is -2.40. The molecule has 8 heteroatoms. The number of aliphatic hydroxyl groups is 1. The lowest BCUT2D eigenvalue weighted by Crippen LogP contribution is -2.32. The Balaban J connectivity index is 0. The van der Waals surface area contributed by atoms with Gasteiger partial charge in [-0.1, -0.05) is 0 Å². The summed E-state index contributed by atoms with van der Waals surface area (Å²) >= 11 is 0. The zero-order valence-corrected chi connectivity index (χ0v) is 8.10. The molecule has 1 aliphatic heterocycles. The number of nitrogens with zero attached hydrogens (tertiary/aromatic N) is 1. The van der Waals surface area contributed by atoms with E-state index >= 15 is 0 Å². The van der Waals surface area contributed by atoms with Gasteiger partial charge >= 0.3 is 0 Å². The zero-order valence-electron chi connectivity index (χ0n) is 8.10. The van der Waals surface area contributed by atoms with E-state index in [0.29, 0.717) is 0 Å². The Morgan fingerprint density at radius 3 is 1.69 bits per heavy atom. The molecule has 8 nitrogen and oxygen atoms in total. The van der Waals surface area contributed by atoms with Crippen LogP contribution < -0.4 is 0 Å². The molecular weight excluding hydrogens is 218 g/mol. The molecule has 1 heterocycles. The predicted octanol–water partition coefficient (Wildman–Crippen LogP) is -1.29. The van der Waals surface area contributed by atoms with Gasteiger partial charge in [0.05, 0.1) is 13.2 Å². The third-order valence-electron chi connectivity index (χ3n) is 1.22. The average molecular weight is 227 g/mol. The van der Waals surface area contributed by atoms with Crippen molar-refractivity contribution in [2.24, 2.45) is 0 Å². The Labute approximate surface area is 90.2 Å². The molecule has 0 aromatic heterocycles. The molecule has 2 amide bonds. The molecule has 1 aliphatic rings. The van der Waals surface area contributed by atoms with Crippen LogP contribution in [-0.2, 0) is 19.2 Å². The average Bonchev–Trinajstić information content (AvgIpc) is 2.52. The standard InChI is InChI=1S/C6H7NO3.2CHNO/c8-4-3-7-5(9)1-2-6(7)10;2*2-1-3/h1-2,8H,3-4H2;2*2H. The lowest BCUT2D eigenvalue weighted by atomic mass is 10.5. The maximum atomic E-state index is 10.7. The molecule has 0 unspecified atom stereocenters. The van der Waals surface area contributed by atoms with Gasteiger partial charge < -0.3 is 5.11 Å². The van der Waals surface area contributed by atoms with Crippen LogP contribution in [0, 0.1) is 10.8 Å². The highest BCUT2D eigenvalue weighted by Gasteiger charge is 2.21. The topological polar surface area (TPSA) is 139 Å². The van der Waals surface area contributed by atoms with Crippen molar-refractivity contribution in [1.82, 2.24) is 4.90 Å². The molecule has 0 saturated heterocycles. The number of β-amino-alcohol motifs (C(OH)–C–C–N with tert-alkyl or cyclic N) is 1. The smallest absolute Gasteiger partial charge is 0.253 e. The number of hydrogen-bond donors (Lipinski definition) is 3. The van der Waals surface area contributed by atoms with E-state index in [-0.39, 0.29) is 25.0 Å². The number of isocyanates is 2. The van der Waals surface area contributed by atoms with Gasteiger partial charge in [0.1, 0.15) is 0 Å². The fraction of sp³-hybridized carbons (Fsp3) is 0.250. The van der Waals surface area contributed by atoms with Crippen molar-refractivity contribution in [3.05, 3.63) is 12.2 Å². The van der Waals surface area contributed by atoms with Crippen molar-refractivity contribution in [2.75, 3.05) is 13.2 Å². The van der Waals surface area contributed by atoms with Crippen LogP contribution in [0.5, 0.6) is 0 Å². The fourth-order valence-corrected chi connectivity index (χ4v) is 0.752. The highest BCUT2D eigenvalue weighted by Crippen LogP contribution is 2.01. The summed E-state index contributed by atoms with van der Waals surface area (Å²) in [6, 6.07) is 0. The molecule has 0 bridgehead atoms. The molecule has 1 rings (SSSR count). The zero-order chi connectivity index (χ0) is 13.0. The second-order valence-corrected chi connectivity index (χ2v) is 2.09. The summed E-state index contributed by atoms with van der Waals surface area (Å²) in [5.74, 6) is -0.696. The van der Waals surface area contributed by atoms with Crippen molar-refractivity contribution in [2.45, 2.75) is 0 Å². The summed E-state index contributed by atoms with van der Waals surface area (Å²) in [5, 5.41) is 19.2. The molecule has 16 heavy (non-hydrogen) atoms. The molecule has 0 atom stereocenters. The number of imide groups is 1. The Kier molecular flexibility index (Phi) is 10.7. The van der Waals surface area contributed by atoms with Crippen LogP contribution in [-0.4, -0.2) is 47.1 Å². The molecule has 0 spiro atoms. The molecule has 0 saturated carbocycles. The first kappa shape index (κ1) is 16.0. The minimum atomic E-state index is -0.348. The second-order valence-electron chi connectivity index (χ2n) is 2.09. The maximum absolute atomic E-state index is 10.7. The van der Waals surface area contributed by atoms with Crippen molar-refractivity contribution in [1.29, 1.82) is 10.8 Å². The monoisotopic (exact) mass is 227 g/mol. The molecule has 0 aromatic carbocycles.